The first-order chi connectivity index (χ1) is 14.9. The Labute approximate surface area is 192 Å². The van der Waals surface area contributed by atoms with Gasteiger partial charge in [-0.1, -0.05) is 23.2 Å². The minimum atomic E-state index is 0.360. The molecule has 0 aliphatic carbocycles. The van der Waals surface area contributed by atoms with E-state index >= 15 is 0 Å². The number of methoxy groups -OCH3 is 2. The van der Waals surface area contributed by atoms with E-state index in [9.17, 15) is 0 Å². The number of nitrogens with zero attached hydrogens (tertiary/aromatic N) is 3. The number of nitrogens with two attached hydrogens (primary N) is 1. The SMILES string of the molecule is C1CCOC1.COc1cc(OC)c(Cl)c(-c2cc3cnc(N)cc3c(N(C)C)n2)c1Cl. The van der Waals surface area contributed by atoms with Crippen LogP contribution in [0.3, 0.4) is 0 Å². The zero-order valence-electron chi connectivity index (χ0n) is 18.0. The number of rotatable bonds is 4. The van der Waals surface area contributed by atoms with Crippen LogP contribution in [0.5, 0.6) is 11.5 Å². The highest BCUT2D eigenvalue weighted by Crippen LogP contribution is 2.46. The van der Waals surface area contributed by atoms with E-state index in [0.29, 0.717) is 38.6 Å². The van der Waals surface area contributed by atoms with Crippen LogP contribution < -0.4 is 20.1 Å². The van der Waals surface area contributed by atoms with Crippen LogP contribution in [0.25, 0.3) is 22.0 Å². The molecule has 1 saturated heterocycles. The average Bonchev–Trinajstić information content (AvgIpc) is 3.34. The maximum atomic E-state index is 6.53. The molecule has 1 aliphatic rings. The lowest BCUT2D eigenvalue weighted by atomic mass is 10.1. The van der Waals surface area contributed by atoms with E-state index in [0.717, 1.165) is 29.8 Å². The molecule has 3 aromatic rings. The van der Waals surface area contributed by atoms with Gasteiger partial charge in [0.15, 0.2) is 0 Å². The van der Waals surface area contributed by atoms with E-state index in [1.165, 1.54) is 27.1 Å². The summed E-state index contributed by atoms with van der Waals surface area (Å²) in [6.07, 6.45) is 4.25. The molecule has 2 N–H and O–H groups in total. The number of aromatic nitrogens is 2. The number of ether oxygens (including phenoxy) is 3. The lowest BCUT2D eigenvalue weighted by Gasteiger charge is -2.18. The monoisotopic (exact) mass is 464 g/mol. The standard InChI is InChI=1S/C18H18Cl2N4O2.C4H8O/c1-24(2)18-10-6-14(21)22-8-9(10)5-11(23-18)15-16(19)12(25-3)7-13(26-4)17(15)20;1-2-4-5-3-1/h5-8H,1-4H3,(H2,21,22);1-4H2. The minimum Gasteiger partial charge on any atom is -0.495 e. The van der Waals surface area contributed by atoms with Crippen molar-refractivity contribution in [3.05, 3.63) is 34.4 Å². The highest BCUT2D eigenvalue weighted by molar-refractivity contribution is 6.41. The molecule has 7 nitrogen and oxygen atoms in total. The number of fused-ring (bicyclic) bond motifs is 1. The second-order valence-corrected chi connectivity index (χ2v) is 7.92. The first-order valence-corrected chi connectivity index (χ1v) is 10.5. The number of anilines is 2. The van der Waals surface area contributed by atoms with Gasteiger partial charge in [-0.05, 0) is 25.0 Å². The Balaban J connectivity index is 0.000000478. The van der Waals surface area contributed by atoms with Gasteiger partial charge in [0.2, 0.25) is 0 Å². The Morgan fingerprint density at radius 3 is 2.10 bits per heavy atom. The van der Waals surface area contributed by atoms with Gasteiger partial charge in [-0.15, -0.1) is 0 Å². The van der Waals surface area contributed by atoms with Crippen LogP contribution in [-0.4, -0.2) is 51.5 Å². The molecule has 0 saturated carbocycles. The van der Waals surface area contributed by atoms with Gasteiger partial charge in [0.05, 0.1) is 30.0 Å². The minimum absolute atomic E-state index is 0.360. The Kier molecular flexibility index (Phi) is 7.64. The Bertz CT molecular complexity index is 1040. The lowest BCUT2D eigenvalue weighted by molar-refractivity contribution is 0.198. The molecule has 3 heterocycles. The van der Waals surface area contributed by atoms with Gasteiger partial charge in [0.1, 0.15) is 23.1 Å². The summed E-state index contributed by atoms with van der Waals surface area (Å²) in [7, 11) is 6.86. The molecule has 2 aromatic heterocycles. The van der Waals surface area contributed by atoms with Crippen molar-refractivity contribution in [3.63, 3.8) is 0 Å². The van der Waals surface area contributed by atoms with Crippen LogP contribution in [-0.2, 0) is 4.74 Å². The molecule has 0 unspecified atom stereocenters. The first-order valence-electron chi connectivity index (χ1n) is 9.79. The lowest BCUT2D eigenvalue weighted by Crippen LogP contribution is -2.12. The molecule has 1 fully saturated rings. The zero-order valence-corrected chi connectivity index (χ0v) is 19.5. The van der Waals surface area contributed by atoms with Crippen molar-refractivity contribution in [2.45, 2.75) is 12.8 Å². The fourth-order valence-electron chi connectivity index (χ4n) is 3.23. The predicted octanol–water partition coefficient (Wildman–Crippen LogP) is 5.07. The van der Waals surface area contributed by atoms with Crippen LogP contribution in [0.15, 0.2) is 24.4 Å². The topological polar surface area (TPSA) is 82.7 Å². The third-order valence-corrected chi connectivity index (χ3v) is 5.55. The molecule has 0 spiro atoms. The third kappa shape index (κ3) is 5.06. The van der Waals surface area contributed by atoms with Gasteiger partial charge in [0.25, 0.3) is 0 Å². The smallest absolute Gasteiger partial charge is 0.141 e. The van der Waals surface area contributed by atoms with Crippen LogP contribution in [0, 0.1) is 0 Å². The summed E-state index contributed by atoms with van der Waals surface area (Å²) in [5.41, 5.74) is 6.95. The Hall–Kier alpha value is -2.48. The van der Waals surface area contributed by atoms with Gasteiger partial charge >= 0.3 is 0 Å². The van der Waals surface area contributed by atoms with E-state index < -0.39 is 0 Å². The number of benzene rings is 1. The fraction of sp³-hybridized carbons (Fsp3) is 0.364. The molecule has 0 bridgehead atoms. The number of hydrogen-bond donors (Lipinski definition) is 1. The summed E-state index contributed by atoms with van der Waals surface area (Å²) in [5, 5.41) is 2.46. The highest BCUT2D eigenvalue weighted by Gasteiger charge is 2.21. The highest BCUT2D eigenvalue weighted by atomic mass is 35.5. The molecular formula is C22H26Cl2N4O3. The van der Waals surface area contributed by atoms with E-state index in [4.69, 9.17) is 48.1 Å². The summed E-state index contributed by atoms with van der Waals surface area (Å²) in [5.74, 6) is 2.05. The van der Waals surface area contributed by atoms with Crippen molar-refractivity contribution in [2.75, 3.05) is 52.2 Å². The molecule has 0 amide bonds. The Morgan fingerprint density at radius 2 is 1.61 bits per heavy atom. The van der Waals surface area contributed by atoms with Crippen LogP contribution in [0.4, 0.5) is 11.6 Å². The largest absolute Gasteiger partial charge is 0.495 e. The van der Waals surface area contributed by atoms with Gasteiger partial charge in [0, 0.05) is 55.9 Å². The summed E-state index contributed by atoms with van der Waals surface area (Å²) in [6, 6.07) is 5.29. The van der Waals surface area contributed by atoms with Crippen molar-refractivity contribution in [3.8, 4) is 22.8 Å². The second-order valence-electron chi connectivity index (χ2n) is 7.16. The van der Waals surface area contributed by atoms with Crippen LogP contribution in [0.2, 0.25) is 10.0 Å². The van der Waals surface area contributed by atoms with E-state index in [1.807, 2.05) is 25.1 Å². The summed E-state index contributed by atoms with van der Waals surface area (Å²) < 4.78 is 15.6. The number of nitrogen functional groups attached to an aromatic ring is 1. The van der Waals surface area contributed by atoms with Crippen molar-refractivity contribution in [2.24, 2.45) is 0 Å². The van der Waals surface area contributed by atoms with Gasteiger partial charge < -0.3 is 24.8 Å². The fourth-order valence-corrected chi connectivity index (χ4v) is 3.93. The Morgan fingerprint density at radius 1 is 1.00 bits per heavy atom. The van der Waals surface area contributed by atoms with E-state index in [1.54, 1.807) is 18.3 Å². The number of halogens is 2. The van der Waals surface area contributed by atoms with Gasteiger partial charge in [-0.2, -0.15) is 0 Å². The molecule has 1 aliphatic heterocycles. The molecule has 31 heavy (non-hydrogen) atoms. The van der Waals surface area contributed by atoms with Crippen molar-refractivity contribution in [1.29, 1.82) is 0 Å². The van der Waals surface area contributed by atoms with Gasteiger partial charge in [-0.3, -0.25) is 0 Å². The summed E-state index contributed by atoms with van der Waals surface area (Å²) in [6.45, 7) is 2.00. The maximum absolute atomic E-state index is 6.53. The van der Waals surface area contributed by atoms with Crippen molar-refractivity contribution in [1.82, 2.24) is 9.97 Å². The first kappa shape index (κ1) is 23.2. The molecule has 1 aromatic carbocycles. The third-order valence-electron chi connectivity index (χ3n) is 4.80. The summed E-state index contributed by atoms with van der Waals surface area (Å²) >= 11 is 13.1. The van der Waals surface area contributed by atoms with Crippen LogP contribution in [0.1, 0.15) is 12.8 Å². The molecular weight excluding hydrogens is 439 g/mol. The summed E-state index contributed by atoms with van der Waals surface area (Å²) in [4.78, 5) is 10.8. The average molecular weight is 465 g/mol. The molecule has 0 atom stereocenters. The maximum Gasteiger partial charge on any atom is 0.141 e. The zero-order chi connectivity index (χ0) is 22.5. The van der Waals surface area contributed by atoms with Crippen LogP contribution >= 0.6 is 23.2 Å². The number of pyridine rings is 2. The van der Waals surface area contributed by atoms with Gasteiger partial charge in [-0.25, -0.2) is 9.97 Å². The second kappa shape index (κ2) is 10.2. The quantitative estimate of drug-likeness (QED) is 0.576. The molecule has 0 radical (unpaired) electrons. The van der Waals surface area contributed by atoms with E-state index in [2.05, 4.69) is 4.98 Å². The molecule has 4 rings (SSSR count). The predicted molar refractivity (Wildman–Crippen MR) is 127 cm³/mol. The van der Waals surface area contributed by atoms with Crippen molar-refractivity contribution >= 4 is 45.6 Å². The molecule has 166 valence electrons. The number of hydrogen-bond acceptors (Lipinski definition) is 7. The molecule has 9 heteroatoms. The van der Waals surface area contributed by atoms with E-state index in [-0.39, 0.29) is 0 Å². The normalized spacial score (nSPS) is 13.0. The van der Waals surface area contributed by atoms with Crippen molar-refractivity contribution < 1.29 is 14.2 Å².